The first kappa shape index (κ1) is 12.0. The summed E-state index contributed by atoms with van der Waals surface area (Å²) >= 11 is 0. The molecule has 0 aromatic carbocycles. The molecule has 1 fully saturated rings. The average molecular weight is 247 g/mol. The minimum atomic E-state index is -4.16. The number of anilines is 1. The molecular formula is C10H12F3N3O. The summed E-state index contributed by atoms with van der Waals surface area (Å²) in [6.07, 6.45) is -2.90. The summed E-state index contributed by atoms with van der Waals surface area (Å²) in [6.45, 7) is -0.407. The maximum absolute atomic E-state index is 12.0. The Morgan fingerprint density at radius 1 is 1.47 bits per heavy atom. The summed E-state index contributed by atoms with van der Waals surface area (Å²) in [5.74, 6) is 0.282. The Labute approximate surface area is 96.2 Å². The molecule has 0 spiro atoms. The van der Waals surface area contributed by atoms with Crippen molar-refractivity contribution in [2.45, 2.75) is 12.3 Å². The maximum Gasteiger partial charge on any atom is 0.401 e. The number of hydrogen-bond acceptors (Lipinski definition) is 4. The number of halogens is 3. The highest BCUT2D eigenvalue weighted by molar-refractivity contribution is 5.47. The maximum atomic E-state index is 12.0. The Kier molecular flexibility index (Phi) is 3.10. The molecule has 4 nitrogen and oxygen atoms in total. The van der Waals surface area contributed by atoms with Gasteiger partial charge in [0.1, 0.15) is 6.10 Å². The third-order valence-corrected chi connectivity index (χ3v) is 2.41. The average Bonchev–Trinajstić information content (AvgIpc) is 2.16. The SMILES string of the molecule is Nc1cccnc1OC1CN(CC(F)(F)F)C1. The molecule has 2 heterocycles. The van der Waals surface area contributed by atoms with Crippen LogP contribution in [0.1, 0.15) is 0 Å². The fourth-order valence-corrected chi connectivity index (χ4v) is 1.64. The Balaban J connectivity index is 1.80. The number of hydrogen-bond donors (Lipinski definition) is 1. The van der Waals surface area contributed by atoms with Crippen LogP contribution in [0.25, 0.3) is 0 Å². The number of ether oxygens (including phenoxy) is 1. The second-order valence-corrected chi connectivity index (χ2v) is 3.95. The van der Waals surface area contributed by atoms with Crippen LogP contribution in [0.2, 0.25) is 0 Å². The lowest BCUT2D eigenvalue weighted by atomic mass is 10.1. The molecule has 0 atom stereocenters. The molecule has 17 heavy (non-hydrogen) atoms. The monoisotopic (exact) mass is 247 g/mol. The molecule has 1 saturated heterocycles. The van der Waals surface area contributed by atoms with Crippen LogP contribution in [-0.2, 0) is 0 Å². The second kappa shape index (κ2) is 4.40. The minimum Gasteiger partial charge on any atom is -0.470 e. The van der Waals surface area contributed by atoms with Crippen LogP contribution < -0.4 is 10.5 Å². The molecule has 0 saturated carbocycles. The minimum absolute atomic E-state index is 0.246. The van der Waals surface area contributed by atoms with Gasteiger partial charge in [0.2, 0.25) is 5.88 Å². The summed E-state index contributed by atoms with van der Waals surface area (Å²) in [4.78, 5) is 5.18. The van der Waals surface area contributed by atoms with Crippen LogP contribution in [-0.4, -0.2) is 41.8 Å². The van der Waals surface area contributed by atoms with Gasteiger partial charge in [-0.3, -0.25) is 4.90 Å². The van der Waals surface area contributed by atoms with Crippen molar-refractivity contribution in [2.75, 3.05) is 25.4 Å². The third-order valence-electron chi connectivity index (χ3n) is 2.41. The van der Waals surface area contributed by atoms with Gasteiger partial charge in [-0.1, -0.05) is 0 Å². The standard InChI is InChI=1S/C10H12F3N3O/c11-10(12,13)6-16-4-7(5-16)17-9-8(14)2-1-3-15-9/h1-3,7H,4-6,14H2. The van der Waals surface area contributed by atoms with Crippen molar-refractivity contribution < 1.29 is 17.9 Å². The lowest BCUT2D eigenvalue weighted by molar-refractivity contribution is -0.162. The van der Waals surface area contributed by atoms with Crippen LogP contribution in [0.3, 0.4) is 0 Å². The van der Waals surface area contributed by atoms with E-state index in [1.165, 1.54) is 11.1 Å². The molecule has 2 rings (SSSR count). The molecule has 7 heteroatoms. The molecule has 0 radical (unpaired) electrons. The Morgan fingerprint density at radius 3 is 2.76 bits per heavy atom. The first-order valence-corrected chi connectivity index (χ1v) is 5.10. The highest BCUT2D eigenvalue weighted by Gasteiger charge is 2.38. The smallest absolute Gasteiger partial charge is 0.401 e. The number of nitrogens with two attached hydrogens (primary N) is 1. The largest absolute Gasteiger partial charge is 0.470 e. The van der Waals surface area contributed by atoms with Gasteiger partial charge in [-0.25, -0.2) is 4.98 Å². The highest BCUT2D eigenvalue weighted by Crippen LogP contribution is 2.24. The molecule has 0 aliphatic carbocycles. The molecule has 1 aliphatic heterocycles. The van der Waals surface area contributed by atoms with Crippen LogP contribution in [0.5, 0.6) is 5.88 Å². The summed E-state index contributed by atoms with van der Waals surface area (Å²) in [7, 11) is 0. The molecule has 1 aromatic rings. The van der Waals surface area contributed by atoms with E-state index in [0.29, 0.717) is 5.69 Å². The lowest BCUT2D eigenvalue weighted by Crippen LogP contribution is -2.56. The molecule has 94 valence electrons. The molecule has 0 bridgehead atoms. The Hall–Kier alpha value is -1.50. The van der Waals surface area contributed by atoms with E-state index in [4.69, 9.17) is 10.5 Å². The number of alkyl halides is 3. The molecule has 2 N–H and O–H groups in total. The van der Waals surface area contributed by atoms with Gasteiger partial charge >= 0.3 is 6.18 Å². The normalized spacial score (nSPS) is 17.8. The van der Waals surface area contributed by atoms with Crippen molar-refractivity contribution in [3.05, 3.63) is 18.3 Å². The fourth-order valence-electron chi connectivity index (χ4n) is 1.64. The third kappa shape index (κ3) is 3.23. The summed E-state index contributed by atoms with van der Waals surface area (Å²) in [6, 6.07) is 3.30. The van der Waals surface area contributed by atoms with Crippen molar-refractivity contribution in [2.24, 2.45) is 0 Å². The highest BCUT2D eigenvalue weighted by atomic mass is 19.4. The molecule has 0 unspecified atom stereocenters. The summed E-state index contributed by atoms with van der Waals surface area (Å²) in [5.41, 5.74) is 5.99. The van der Waals surface area contributed by atoms with Crippen LogP contribution in [0.15, 0.2) is 18.3 Å². The topological polar surface area (TPSA) is 51.4 Å². The van der Waals surface area contributed by atoms with Gasteiger partial charge in [-0.05, 0) is 12.1 Å². The van der Waals surface area contributed by atoms with Crippen LogP contribution in [0.4, 0.5) is 18.9 Å². The van der Waals surface area contributed by atoms with Gasteiger partial charge in [0.25, 0.3) is 0 Å². The Bertz CT molecular complexity index is 391. The summed E-state index contributed by atoms with van der Waals surface area (Å²) in [5, 5.41) is 0. The lowest BCUT2D eigenvalue weighted by Gasteiger charge is -2.38. The zero-order valence-corrected chi connectivity index (χ0v) is 8.94. The predicted octanol–water partition coefficient (Wildman–Crippen LogP) is 1.29. The molecule has 1 aromatic heterocycles. The first-order chi connectivity index (χ1) is 7.94. The van der Waals surface area contributed by atoms with E-state index in [9.17, 15) is 13.2 Å². The van der Waals surface area contributed by atoms with Gasteiger partial charge in [0.15, 0.2) is 0 Å². The van der Waals surface area contributed by atoms with Crippen molar-refractivity contribution >= 4 is 5.69 Å². The first-order valence-electron chi connectivity index (χ1n) is 5.10. The van der Waals surface area contributed by atoms with E-state index >= 15 is 0 Å². The van der Waals surface area contributed by atoms with E-state index in [2.05, 4.69) is 4.98 Å². The van der Waals surface area contributed by atoms with Gasteiger partial charge in [0.05, 0.1) is 12.2 Å². The Morgan fingerprint density at radius 2 is 2.18 bits per heavy atom. The zero-order valence-electron chi connectivity index (χ0n) is 8.94. The van der Waals surface area contributed by atoms with E-state index in [-0.39, 0.29) is 25.1 Å². The van der Waals surface area contributed by atoms with E-state index in [1.54, 1.807) is 12.1 Å². The van der Waals surface area contributed by atoms with E-state index in [1.807, 2.05) is 0 Å². The number of rotatable bonds is 3. The van der Waals surface area contributed by atoms with Crippen molar-refractivity contribution in [3.63, 3.8) is 0 Å². The van der Waals surface area contributed by atoms with Crippen molar-refractivity contribution in [1.29, 1.82) is 0 Å². The number of aromatic nitrogens is 1. The van der Waals surface area contributed by atoms with Crippen LogP contribution >= 0.6 is 0 Å². The fraction of sp³-hybridized carbons (Fsp3) is 0.500. The zero-order chi connectivity index (χ0) is 12.5. The van der Waals surface area contributed by atoms with E-state index in [0.717, 1.165) is 0 Å². The van der Waals surface area contributed by atoms with Crippen molar-refractivity contribution in [1.82, 2.24) is 9.88 Å². The second-order valence-electron chi connectivity index (χ2n) is 3.95. The van der Waals surface area contributed by atoms with Gasteiger partial charge in [-0.15, -0.1) is 0 Å². The summed E-state index contributed by atoms with van der Waals surface area (Å²) < 4.78 is 41.5. The predicted molar refractivity (Wildman–Crippen MR) is 55.6 cm³/mol. The van der Waals surface area contributed by atoms with Crippen LogP contribution in [0, 0.1) is 0 Å². The number of nitrogens with zero attached hydrogens (tertiary/aromatic N) is 2. The van der Waals surface area contributed by atoms with E-state index < -0.39 is 12.7 Å². The van der Waals surface area contributed by atoms with Gasteiger partial charge in [0, 0.05) is 19.3 Å². The molecule has 0 amide bonds. The number of pyridine rings is 1. The number of likely N-dealkylation sites (tertiary alicyclic amines) is 1. The van der Waals surface area contributed by atoms with Crippen molar-refractivity contribution in [3.8, 4) is 5.88 Å². The number of nitrogen functional groups attached to an aromatic ring is 1. The molecule has 1 aliphatic rings. The van der Waals surface area contributed by atoms with Gasteiger partial charge in [-0.2, -0.15) is 13.2 Å². The molecular weight excluding hydrogens is 235 g/mol. The van der Waals surface area contributed by atoms with Gasteiger partial charge < -0.3 is 10.5 Å². The quantitative estimate of drug-likeness (QED) is 0.874.